The van der Waals surface area contributed by atoms with Gasteiger partial charge in [-0.1, -0.05) is 48.5 Å². The monoisotopic (exact) mass is 473 g/mol. The molecule has 2 aromatic carbocycles. The summed E-state index contributed by atoms with van der Waals surface area (Å²) in [4.78, 5) is 32.2. The number of nitrogens with zero attached hydrogens (tertiary/aromatic N) is 4. The molecule has 0 amide bonds. The summed E-state index contributed by atoms with van der Waals surface area (Å²) < 4.78 is 0. The number of para-hydroxylation sites is 1. The van der Waals surface area contributed by atoms with Crippen LogP contribution in [0.1, 0.15) is 30.0 Å². The zero-order chi connectivity index (χ0) is 24.3. The average molecular weight is 474 g/mol. The summed E-state index contributed by atoms with van der Waals surface area (Å²) >= 11 is 0. The maximum Gasteiger partial charge on any atom is 0.252 e. The number of rotatable bonds is 5. The molecular formula is C30H27N5O. The molecule has 1 fully saturated rings. The molecular weight excluding hydrogens is 446 g/mol. The minimum Gasteiger partial charge on any atom is -0.322 e. The van der Waals surface area contributed by atoms with Crippen LogP contribution < -0.4 is 5.56 Å². The number of hydrogen-bond donors (Lipinski definition) is 1. The highest BCUT2D eigenvalue weighted by atomic mass is 16.1. The van der Waals surface area contributed by atoms with Crippen molar-refractivity contribution in [2.24, 2.45) is 0 Å². The number of nitrogens with one attached hydrogen (secondary N) is 1. The predicted molar refractivity (Wildman–Crippen MR) is 143 cm³/mol. The van der Waals surface area contributed by atoms with Crippen molar-refractivity contribution in [3.05, 3.63) is 113 Å². The molecule has 6 rings (SSSR count). The summed E-state index contributed by atoms with van der Waals surface area (Å²) in [6.45, 7) is 2.43. The Kier molecular flexibility index (Phi) is 6.10. The lowest BCUT2D eigenvalue weighted by atomic mass is 9.89. The Morgan fingerprint density at radius 1 is 0.944 bits per heavy atom. The summed E-state index contributed by atoms with van der Waals surface area (Å²) in [5.41, 5.74) is 5.89. The van der Waals surface area contributed by atoms with Crippen LogP contribution in [0.5, 0.6) is 0 Å². The molecule has 0 bridgehead atoms. The van der Waals surface area contributed by atoms with E-state index in [4.69, 9.17) is 9.97 Å². The quantitative estimate of drug-likeness (QED) is 0.369. The van der Waals surface area contributed by atoms with E-state index in [9.17, 15) is 4.79 Å². The predicted octanol–water partition coefficient (Wildman–Crippen LogP) is 5.43. The maximum atomic E-state index is 12.8. The first-order valence-electron chi connectivity index (χ1n) is 12.4. The third-order valence-electron chi connectivity index (χ3n) is 6.96. The molecule has 36 heavy (non-hydrogen) atoms. The Balaban J connectivity index is 1.33. The van der Waals surface area contributed by atoms with Gasteiger partial charge in [0.15, 0.2) is 5.82 Å². The van der Waals surface area contributed by atoms with Crippen molar-refractivity contribution in [3.63, 3.8) is 0 Å². The van der Waals surface area contributed by atoms with E-state index >= 15 is 0 Å². The number of aromatic nitrogens is 4. The van der Waals surface area contributed by atoms with Gasteiger partial charge in [0.1, 0.15) is 0 Å². The molecule has 4 heterocycles. The van der Waals surface area contributed by atoms with Crippen molar-refractivity contribution in [2.75, 3.05) is 13.1 Å². The molecule has 5 aromatic rings. The Morgan fingerprint density at radius 2 is 1.75 bits per heavy atom. The Labute approximate surface area is 209 Å². The number of piperidine rings is 1. The molecule has 0 spiro atoms. The highest BCUT2D eigenvalue weighted by Gasteiger charge is 2.26. The van der Waals surface area contributed by atoms with Crippen LogP contribution in [0, 0.1) is 0 Å². The van der Waals surface area contributed by atoms with Crippen LogP contribution >= 0.6 is 0 Å². The number of aromatic amines is 1. The standard InChI is InChI=1S/C30H27N5O/c36-30-25(17-23-9-4-5-11-27(23)33-30)20-35-16-6-10-24(19-35)28-26(21-7-2-1-3-8-21)18-32-29(34-28)22-12-14-31-15-13-22/h1-5,7-9,11-15,17-18,24H,6,10,16,19-20H2,(H,33,36). The van der Waals surface area contributed by atoms with Gasteiger partial charge in [-0.3, -0.25) is 14.7 Å². The first-order chi connectivity index (χ1) is 17.7. The van der Waals surface area contributed by atoms with E-state index < -0.39 is 0 Å². The fourth-order valence-corrected chi connectivity index (χ4v) is 5.16. The van der Waals surface area contributed by atoms with Crippen LogP contribution in [0.15, 0.2) is 96.2 Å². The summed E-state index contributed by atoms with van der Waals surface area (Å²) in [6.07, 6.45) is 7.61. The van der Waals surface area contributed by atoms with Gasteiger partial charge in [-0.25, -0.2) is 9.97 Å². The van der Waals surface area contributed by atoms with E-state index in [1.165, 1.54) is 0 Å². The SMILES string of the molecule is O=c1[nH]c2ccccc2cc1CN1CCCC(c2nc(-c3ccncc3)ncc2-c2ccccc2)C1. The molecule has 6 heteroatoms. The Bertz CT molecular complexity index is 1550. The van der Waals surface area contributed by atoms with Crippen molar-refractivity contribution in [1.29, 1.82) is 0 Å². The molecule has 178 valence electrons. The molecule has 3 aromatic heterocycles. The van der Waals surface area contributed by atoms with Crippen molar-refractivity contribution in [1.82, 2.24) is 24.8 Å². The lowest BCUT2D eigenvalue weighted by molar-refractivity contribution is 0.198. The van der Waals surface area contributed by atoms with Crippen LogP contribution in [0.4, 0.5) is 0 Å². The van der Waals surface area contributed by atoms with Crippen LogP contribution in [-0.4, -0.2) is 37.9 Å². The fraction of sp³-hybridized carbons (Fsp3) is 0.200. The highest BCUT2D eigenvalue weighted by Crippen LogP contribution is 2.34. The van der Waals surface area contributed by atoms with E-state index in [2.05, 4.69) is 39.1 Å². The molecule has 0 aliphatic carbocycles. The smallest absolute Gasteiger partial charge is 0.252 e. The normalized spacial score (nSPS) is 16.3. The summed E-state index contributed by atoms with van der Waals surface area (Å²) in [7, 11) is 0. The van der Waals surface area contributed by atoms with Gasteiger partial charge in [0.05, 0.1) is 5.69 Å². The molecule has 0 saturated carbocycles. The minimum atomic E-state index is -0.0113. The van der Waals surface area contributed by atoms with Gasteiger partial charge in [0.25, 0.3) is 5.56 Å². The molecule has 1 unspecified atom stereocenters. The van der Waals surface area contributed by atoms with Gasteiger partial charge < -0.3 is 4.98 Å². The van der Waals surface area contributed by atoms with Crippen molar-refractivity contribution in [3.8, 4) is 22.5 Å². The number of pyridine rings is 2. The average Bonchev–Trinajstić information content (AvgIpc) is 2.94. The maximum absolute atomic E-state index is 12.8. The molecule has 1 N–H and O–H groups in total. The van der Waals surface area contributed by atoms with Crippen molar-refractivity contribution < 1.29 is 0 Å². The number of H-pyrrole nitrogens is 1. The molecule has 6 nitrogen and oxygen atoms in total. The third kappa shape index (κ3) is 4.55. The van der Waals surface area contributed by atoms with E-state index in [1.807, 2.05) is 54.7 Å². The first kappa shape index (κ1) is 22.3. The highest BCUT2D eigenvalue weighted by molar-refractivity contribution is 5.78. The van der Waals surface area contributed by atoms with E-state index in [-0.39, 0.29) is 11.5 Å². The third-order valence-corrected chi connectivity index (χ3v) is 6.96. The van der Waals surface area contributed by atoms with E-state index in [1.54, 1.807) is 12.4 Å². The summed E-state index contributed by atoms with van der Waals surface area (Å²) in [5, 5.41) is 1.06. The second-order valence-electron chi connectivity index (χ2n) is 9.38. The lowest BCUT2D eigenvalue weighted by Gasteiger charge is -2.33. The number of benzene rings is 2. The van der Waals surface area contributed by atoms with Gasteiger partial charge in [-0.05, 0) is 54.6 Å². The van der Waals surface area contributed by atoms with Crippen LogP contribution in [0.3, 0.4) is 0 Å². The fourth-order valence-electron chi connectivity index (χ4n) is 5.16. The van der Waals surface area contributed by atoms with Gasteiger partial charge in [-0.15, -0.1) is 0 Å². The molecule has 1 aliphatic heterocycles. The van der Waals surface area contributed by atoms with Gasteiger partial charge in [0, 0.05) is 59.8 Å². The number of fused-ring (bicyclic) bond motifs is 1. The topological polar surface area (TPSA) is 74.8 Å². The van der Waals surface area contributed by atoms with Crippen molar-refractivity contribution in [2.45, 2.75) is 25.3 Å². The molecule has 0 radical (unpaired) electrons. The Morgan fingerprint density at radius 3 is 2.61 bits per heavy atom. The minimum absolute atomic E-state index is 0.0113. The molecule has 1 aliphatic rings. The zero-order valence-electron chi connectivity index (χ0n) is 20.0. The lowest BCUT2D eigenvalue weighted by Crippen LogP contribution is -2.36. The van der Waals surface area contributed by atoms with Gasteiger partial charge in [0.2, 0.25) is 0 Å². The number of likely N-dealkylation sites (tertiary alicyclic amines) is 1. The summed E-state index contributed by atoms with van der Waals surface area (Å²) in [5.74, 6) is 0.965. The number of hydrogen-bond acceptors (Lipinski definition) is 5. The molecule has 1 atom stereocenters. The summed E-state index contributed by atoms with van der Waals surface area (Å²) in [6, 6.07) is 24.2. The Hall–Kier alpha value is -4.16. The second kappa shape index (κ2) is 9.84. The van der Waals surface area contributed by atoms with Gasteiger partial charge in [-0.2, -0.15) is 0 Å². The van der Waals surface area contributed by atoms with Crippen LogP contribution in [0.25, 0.3) is 33.4 Å². The van der Waals surface area contributed by atoms with Crippen LogP contribution in [-0.2, 0) is 6.54 Å². The van der Waals surface area contributed by atoms with E-state index in [0.29, 0.717) is 6.54 Å². The van der Waals surface area contributed by atoms with Crippen molar-refractivity contribution >= 4 is 10.9 Å². The first-order valence-corrected chi connectivity index (χ1v) is 12.4. The largest absolute Gasteiger partial charge is 0.322 e. The van der Waals surface area contributed by atoms with Gasteiger partial charge >= 0.3 is 0 Å². The second-order valence-corrected chi connectivity index (χ2v) is 9.38. The van der Waals surface area contributed by atoms with E-state index in [0.717, 1.165) is 70.6 Å². The zero-order valence-corrected chi connectivity index (χ0v) is 20.0. The molecule has 1 saturated heterocycles. The van der Waals surface area contributed by atoms with Crippen LogP contribution in [0.2, 0.25) is 0 Å².